The van der Waals surface area contributed by atoms with Gasteiger partial charge in [0.2, 0.25) is 11.8 Å². The van der Waals surface area contributed by atoms with Gasteiger partial charge in [0.1, 0.15) is 13.2 Å². The first-order valence-corrected chi connectivity index (χ1v) is 16.7. The minimum absolute atomic E-state index is 0.0382. The maximum atomic E-state index is 13.7. The molecular weight excluding hydrogens is 620 g/mol. The molecule has 2 amide bonds. The number of esters is 2. The number of aliphatic hydroxyl groups is 1. The van der Waals surface area contributed by atoms with Crippen molar-refractivity contribution in [2.24, 2.45) is 11.8 Å². The molecule has 258 valence electrons. The van der Waals surface area contributed by atoms with Gasteiger partial charge in [-0.2, -0.15) is 0 Å². The minimum Gasteiger partial charge on any atom is -0.463 e. The molecule has 0 saturated carbocycles. The quantitative estimate of drug-likeness (QED) is 0.143. The first-order valence-electron chi connectivity index (χ1n) is 16.7. The number of ether oxygens (including phenoxy) is 2. The van der Waals surface area contributed by atoms with Crippen molar-refractivity contribution in [1.29, 1.82) is 0 Å². The van der Waals surface area contributed by atoms with Gasteiger partial charge in [-0.25, -0.2) is 4.79 Å². The van der Waals surface area contributed by atoms with Crippen LogP contribution in [-0.4, -0.2) is 59.1 Å². The largest absolute Gasteiger partial charge is 0.463 e. The minimum atomic E-state index is -1.31. The summed E-state index contributed by atoms with van der Waals surface area (Å²) in [7, 11) is 0. The van der Waals surface area contributed by atoms with Crippen LogP contribution in [0.25, 0.3) is 0 Å². The highest BCUT2D eigenvalue weighted by Crippen LogP contribution is 2.25. The van der Waals surface area contributed by atoms with Crippen molar-refractivity contribution < 1.29 is 33.8 Å². The number of hydrogen-bond acceptors (Lipinski definition) is 7. The van der Waals surface area contributed by atoms with E-state index in [0.717, 1.165) is 22.3 Å². The number of carbonyl (C=O) groups is 4. The maximum absolute atomic E-state index is 13.7. The topological polar surface area (TPSA) is 122 Å². The zero-order chi connectivity index (χ0) is 35.0. The van der Waals surface area contributed by atoms with E-state index < -0.39 is 48.4 Å². The zero-order valence-corrected chi connectivity index (χ0v) is 27.9. The van der Waals surface area contributed by atoms with Crippen LogP contribution in [0.2, 0.25) is 0 Å². The Balaban J connectivity index is 1.47. The van der Waals surface area contributed by atoms with Crippen molar-refractivity contribution in [3.63, 3.8) is 0 Å². The summed E-state index contributed by atoms with van der Waals surface area (Å²) in [6.07, 6.45) is 5.35. The van der Waals surface area contributed by atoms with Crippen LogP contribution in [0.3, 0.4) is 0 Å². The van der Waals surface area contributed by atoms with Crippen molar-refractivity contribution >= 4 is 23.8 Å². The standard InChI is InChI=1S/C40H46N2O7/c1-3-5-19-33(22-29-15-8-6-9-16-29)39(46)49-28-36(40(47)48-27-30-17-10-7-11-18-30)41-38(45)32(14-4-2)24-37(44)42-25-34-21-13-12-20-31(34)23-35(42)26-43/h3-4,6-13,15-18,20-21,32-33,35-36,43H,1-2,5,14,19,22-28H2,(H,41,45). The molecule has 4 unspecified atom stereocenters. The molecule has 0 fully saturated rings. The summed E-state index contributed by atoms with van der Waals surface area (Å²) in [4.78, 5) is 55.6. The molecule has 0 aromatic heterocycles. The fraction of sp³-hybridized carbons (Fsp3) is 0.350. The lowest BCUT2D eigenvalue weighted by molar-refractivity contribution is -0.157. The SMILES string of the molecule is C=CCCC(Cc1ccccc1)C(=O)OCC(NC(=O)C(CC=C)CC(=O)N1Cc2ccccc2CC1CO)C(=O)OCc1ccccc1. The third-order valence-electron chi connectivity index (χ3n) is 8.72. The van der Waals surface area contributed by atoms with Gasteiger partial charge in [0, 0.05) is 13.0 Å². The molecule has 0 spiro atoms. The predicted octanol–water partition coefficient (Wildman–Crippen LogP) is 5.11. The van der Waals surface area contributed by atoms with Crippen LogP contribution in [0.5, 0.6) is 0 Å². The summed E-state index contributed by atoms with van der Waals surface area (Å²) >= 11 is 0. The smallest absolute Gasteiger partial charge is 0.332 e. The fourth-order valence-electron chi connectivity index (χ4n) is 5.95. The highest BCUT2D eigenvalue weighted by atomic mass is 16.6. The van der Waals surface area contributed by atoms with Crippen LogP contribution in [0, 0.1) is 11.8 Å². The van der Waals surface area contributed by atoms with Crippen molar-refractivity contribution in [2.75, 3.05) is 13.2 Å². The van der Waals surface area contributed by atoms with Crippen molar-refractivity contribution in [3.05, 3.63) is 132 Å². The Morgan fingerprint density at radius 2 is 1.49 bits per heavy atom. The molecule has 49 heavy (non-hydrogen) atoms. The Labute approximate surface area is 288 Å². The maximum Gasteiger partial charge on any atom is 0.332 e. The summed E-state index contributed by atoms with van der Waals surface area (Å²) in [5.74, 6) is -3.49. The van der Waals surface area contributed by atoms with E-state index in [-0.39, 0.29) is 32.0 Å². The molecule has 0 bridgehead atoms. The number of rotatable bonds is 18. The van der Waals surface area contributed by atoms with Crippen LogP contribution in [0.1, 0.15) is 47.9 Å². The summed E-state index contributed by atoms with van der Waals surface area (Å²) in [5, 5.41) is 12.8. The van der Waals surface area contributed by atoms with Gasteiger partial charge in [-0.15, -0.1) is 13.2 Å². The monoisotopic (exact) mass is 666 g/mol. The Morgan fingerprint density at radius 1 is 0.837 bits per heavy atom. The van der Waals surface area contributed by atoms with E-state index in [9.17, 15) is 24.3 Å². The lowest BCUT2D eigenvalue weighted by Gasteiger charge is -2.36. The van der Waals surface area contributed by atoms with Gasteiger partial charge in [0.15, 0.2) is 6.04 Å². The lowest BCUT2D eigenvalue weighted by Crippen LogP contribution is -2.50. The second kappa shape index (κ2) is 19.1. The molecule has 3 aromatic rings. The molecule has 1 aliphatic rings. The van der Waals surface area contributed by atoms with Gasteiger partial charge in [0.05, 0.1) is 24.5 Å². The molecule has 4 atom stereocenters. The lowest BCUT2D eigenvalue weighted by atomic mass is 9.92. The van der Waals surface area contributed by atoms with E-state index in [1.165, 1.54) is 0 Å². The highest BCUT2D eigenvalue weighted by Gasteiger charge is 2.34. The third kappa shape index (κ3) is 11.0. The molecule has 4 rings (SSSR count). The van der Waals surface area contributed by atoms with Crippen molar-refractivity contribution in [1.82, 2.24) is 10.2 Å². The number of hydrogen-bond donors (Lipinski definition) is 2. The Kier molecular flexibility index (Phi) is 14.3. The summed E-state index contributed by atoms with van der Waals surface area (Å²) < 4.78 is 11.2. The number of nitrogens with one attached hydrogen (secondary N) is 1. The van der Waals surface area contributed by atoms with Crippen molar-refractivity contribution in [3.8, 4) is 0 Å². The molecule has 3 aromatic carbocycles. The molecule has 1 aliphatic heterocycles. The first kappa shape index (κ1) is 36.8. The number of aliphatic hydroxyl groups excluding tert-OH is 1. The molecule has 0 radical (unpaired) electrons. The average Bonchev–Trinajstić information content (AvgIpc) is 3.13. The molecule has 9 heteroatoms. The third-order valence-corrected chi connectivity index (χ3v) is 8.72. The van der Waals surface area contributed by atoms with Crippen LogP contribution < -0.4 is 5.32 Å². The Bertz CT molecular complexity index is 1560. The molecule has 2 N–H and O–H groups in total. The Morgan fingerprint density at radius 3 is 2.14 bits per heavy atom. The first-order chi connectivity index (χ1) is 23.8. The normalized spacial score (nSPS) is 15.5. The van der Waals surface area contributed by atoms with E-state index in [4.69, 9.17) is 9.47 Å². The fourth-order valence-corrected chi connectivity index (χ4v) is 5.95. The summed E-state index contributed by atoms with van der Waals surface area (Å²) in [5.41, 5.74) is 3.79. The van der Waals surface area contributed by atoms with E-state index in [0.29, 0.717) is 32.2 Å². The number of allylic oxidation sites excluding steroid dienone is 2. The molecule has 1 heterocycles. The molecule has 9 nitrogen and oxygen atoms in total. The highest BCUT2D eigenvalue weighted by molar-refractivity contribution is 5.89. The van der Waals surface area contributed by atoms with Gasteiger partial charge in [0.25, 0.3) is 0 Å². The van der Waals surface area contributed by atoms with Crippen LogP contribution in [0.4, 0.5) is 0 Å². The number of nitrogens with zero attached hydrogens (tertiary/aromatic N) is 1. The number of carbonyl (C=O) groups excluding carboxylic acids is 4. The van der Waals surface area contributed by atoms with Gasteiger partial charge in [-0.1, -0.05) is 97.1 Å². The van der Waals surface area contributed by atoms with E-state index in [2.05, 4.69) is 18.5 Å². The number of fused-ring (bicyclic) bond motifs is 1. The molecule has 0 saturated heterocycles. The average molecular weight is 667 g/mol. The second-order valence-corrected chi connectivity index (χ2v) is 12.3. The molecular formula is C40H46N2O7. The van der Waals surface area contributed by atoms with E-state index in [1.54, 1.807) is 29.2 Å². The van der Waals surface area contributed by atoms with E-state index in [1.807, 2.05) is 72.8 Å². The summed E-state index contributed by atoms with van der Waals surface area (Å²) in [6.45, 7) is 7.16. The van der Waals surface area contributed by atoms with E-state index >= 15 is 0 Å². The Hall–Kier alpha value is -5.02. The van der Waals surface area contributed by atoms with Gasteiger partial charge < -0.3 is 24.8 Å². The van der Waals surface area contributed by atoms with Crippen molar-refractivity contribution in [2.45, 2.75) is 63.8 Å². The van der Waals surface area contributed by atoms with Gasteiger partial charge >= 0.3 is 11.9 Å². The second-order valence-electron chi connectivity index (χ2n) is 12.3. The molecule has 0 aliphatic carbocycles. The van der Waals surface area contributed by atoms with Gasteiger partial charge in [-0.05, 0) is 54.4 Å². The summed E-state index contributed by atoms with van der Waals surface area (Å²) in [6, 6.07) is 24.7. The predicted molar refractivity (Wildman–Crippen MR) is 187 cm³/mol. The number of benzene rings is 3. The van der Waals surface area contributed by atoms with Crippen LogP contribution in [0.15, 0.2) is 110 Å². The van der Waals surface area contributed by atoms with Crippen LogP contribution in [-0.2, 0) is 54.6 Å². The zero-order valence-electron chi connectivity index (χ0n) is 27.9. The van der Waals surface area contributed by atoms with Gasteiger partial charge in [-0.3, -0.25) is 14.4 Å². The van der Waals surface area contributed by atoms with Crippen LogP contribution >= 0.6 is 0 Å². The number of amides is 2.